The summed E-state index contributed by atoms with van der Waals surface area (Å²) >= 11 is 0. The lowest BCUT2D eigenvalue weighted by Crippen LogP contribution is -2.32. The van der Waals surface area contributed by atoms with E-state index in [1.54, 1.807) is 11.8 Å². The third-order valence-corrected chi connectivity index (χ3v) is 3.91. The van der Waals surface area contributed by atoms with Crippen molar-refractivity contribution in [3.63, 3.8) is 0 Å². The number of methoxy groups -OCH3 is 1. The van der Waals surface area contributed by atoms with Gasteiger partial charge in [-0.1, -0.05) is 18.2 Å². The van der Waals surface area contributed by atoms with E-state index in [-0.39, 0.29) is 18.5 Å². The molecule has 0 saturated heterocycles. The van der Waals surface area contributed by atoms with Crippen molar-refractivity contribution in [3.8, 4) is 5.75 Å². The first-order valence-corrected chi connectivity index (χ1v) is 7.56. The average molecular weight is 316 g/mol. The highest BCUT2D eigenvalue weighted by Crippen LogP contribution is 2.27. The molecule has 1 atom stereocenters. The van der Waals surface area contributed by atoms with Gasteiger partial charge in [-0.3, -0.25) is 14.4 Å². The summed E-state index contributed by atoms with van der Waals surface area (Å²) in [5.41, 5.74) is 1.93. The molecule has 1 N–H and O–H groups in total. The van der Waals surface area contributed by atoms with Gasteiger partial charge in [0.2, 0.25) is 5.91 Å². The van der Waals surface area contributed by atoms with Crippen LogP contribution >= 0.6 is 0 Å². The molecule has 2 aromatic rings. The molecule has 2 rings (SSSR count). The Morgan fingerprint density at radius 3 is 2.74 bits per heavy atom. The molecule has 1 aromatic heterocycles. The van der Waals surface area contributed by atoms with Gasteiger partial charge in [-0.15, -0.1) is 0 Å². The lowest BCUT2D eigenvalue weighted by atomic mass is 10.1. The number of amides is 1. The molecule has 124 valence electrons. The number of nitrogens with one attached hydrogen (secondary N) is 1. The number of carbonyl (C=O) groups is 1. The second-order valence-corrected chi connectivity index (χ2v) is 5.68. The summed E-state index contributed by atoms with van der Waals surface area (Å²) in [4.78, 5) is 14.2. The van der Waals surface area contributed by atoms with E-state index in [0.717, 1.165) is 17.0 Å². The third-order valence-electron chi connectivity index (χ3n) is 3.91. The first-order chi connectivity index (χ1) is 10.9. The minimum atomic E-state index is -0.0720. The first-order valence-electron chi connectivity index (χ1n) is 7.56. The third kappa shape index (κ3) is 4.10. The number of benzene rings is 1. The fourth-order valence-electron chi connectivity index (χ4n) is 2.52. The normalized spacial score (nSPS) is 12.3. The SMILES string of the molecule is COc1ccccc1C(C)N(C)CC(=O)Nc1cc(C)nn1C. The van der Waals surface area contributed by atoms with Crippen LogP contribution in [-0.2, 0) is 11.8 Å². The molecule has 0 aliphatic carbocycles. The molecule has 0 radical (unpaired) electrons. The van der Waals surface area contributed by atoms with Gasteiger partial charge in [0.25, 0.3) is 0 Å². The van der Waals surface area contributed by atoms with Gasteiger partial charge in [0.1, 0.15) is 11.6 Å². The van der Waals surface area contributed by atoms with Crippen LogP contribution in [0.1, 0.15) is 24.2 Å². The van der Waals surface area contributed by atoms with Gasteiger partial charge < -0.3 is 10.1 Å². The Morgan fingerprint density at radius 2 is 2.13 bits per heavy atom. The Morgan fingerprint density at radius 1 is 1.43 bits per heavy atom. The molecule has 6 heteroatoms. The van der Waals surface area contributed by atoms with E-state index in [1.807, 2.05) is 56.3 Å². The Bertz CT molecular complexity index is 681. The first kappa shape index (κ1) is 17.0. The molecule has 0 saturated carbocycles. The van der Waals surface area contributed by atoms with Crippen molar-refractivity contribution in [2.45, 2.75) is 19.9 Å². The molecule has 6 nitrogen and oxygen atoms in total. The number of para-hydroxylation sites is 1. The summed E-state index contributed by atoms with van der Waals surface area (Å²) in [5, 5.41) is 7.11. The van der Waals surface area contributed by atoms with Gasteiger partial charge in [0, 0.05) is 24.7 Å². The Hall–Kier alpha value is -2.34. The highest BCUT2D eigenvalue weighted by atomic mass is 16.5. The van der Waals surface area contributed by atoms with Crippen LogP contribution in [-0.4, -0.2) is 41.3 Å². The van der Waals surface area contributed by atoms with E-state index in [2.05, 4.69) is 17.3 Å². The summed E-state index contributed by atoms with van der Waals surface area (Å²) in [7, 11) is 5.39. The molecule has 1 unspecified atom stereocenters. The van der Waals surface area contributed by atoms with Gasteiger partial charge in [0.05, 0.1) is 19.3 Å². The summed E-state index contributed by atoms with van der Waals surface area (Å²) in [6.07, 6.45) is 0. The fourth-order valence-corrected chi connectivity index (χ4v) is 2.52. The van der Waals surface area contributed by atoms with Crippen molar-refractivity contribution < 1.29 is 9.53 Å². The molecule has 0 spiro atoms. The number of anilines is 1. The molecular weight excluding hydrogens is 292 g/mol. The molecule has 1 aromatic carbocycles. The van der Waals surface area contributed by atoms with Crippen LogP contribution in [0.3, 0.4) is 0 Å². The largest absolute Gasteiger partial charge is 0.496 e. The predicted molar refractivity (Wildman–Crippen MR) is 90.6 cm³/mol. The summed E-state index contributed by atoms with van der Waals surface area (Å²) in [6, 6.07) is 9.76. The molecular formula is C17H24N4O2. The number of carbonyl (C=O) groups excluding carboxylic acids is 1. The number of rotatable bonds is 6. The van der Waals surface area contributed by atoms with Crippen molar-refractivity contribution in [2.75, 3.05) is 26.0 Å². The highest BCUT2D eigenvalue weighted by Gasteiger charge is 2.18. The van der Waals surface area contributed by atoms with Gasteiger partial charge in [-0.25, -0.2) is 0 Å². The van der Waals surface area contributed by atoms with E-state index in [1.165, 1.54) is 0 Å². The van der Waals surface area contributed by atoms with E-state index in [0.29, 0.717) is 5.82 Å². The summed E-state index contributed by atoms with van der Waals surface area (Å²) in [5.74, 6) is 1.46. The zero-order valence-electron chi connectivity index (χ0n) is 14.3. The van der Waals surface area contributed by atoms with Crippen LogP contribution in [0, 0.1) is 6.92 Å². The van der Waals surface area contributed by atoms with Crippen LogP contribution in [0.4, 0.5) is 5.82 Å². The lowest BCUT2D eigenvalue weighted by molar-refractivity contribution is -0.117. The quantitative estimate of drug-likeness (QED) is 0.889. The highest BCUT2D eigenvalue weighted by molar-refractivity contribution is 5.91. The monoisotopic (exact) mass is 316 g/mol. The maximum absolute atomic E-state index is 12.2. The van der Waals surface area contributed by atoms with Crippen molar-refractivity contribution in [1.82, 2.24) is 14.7 Å². The molecule has 0 bridgehead atoms. The lowest BCUT2D eigenvalue weighted by Gasteiger charge is -2.25. The topological polar surface area (TPSA) is 59.4 Å². The second-order valence-electron chi connectivity index (χ2n) is 5.68. The van der Waals surface area contributed by atoms with E-state index in [4.69, 9.17) is 4.74 Å². The standard InChI is InChI=1S/C17H24N4O2/c1-12-10-16(21(4)19-12)18-17(22)11-20(3)13(2)14-8-6-7-9-15(14)23-5/h6-10,13H,11H2,1-5H3,(H,18,22). The number of ether oxygens (including phenoxy) is 1. The van der Waals surface area contributed by atoms with Gasteiger partial charge in [0.15, 0.2) is 0 Å². The number of hydrogen-bond donors (Lipinski definition) is 1. The van der Waals surface area contributed by atoms with Crippen molar-refractivity contribution >= 4 is 11.7 Å². The zero-order chi connectivity index (χ0) is 17.0. The number of aromatic nitrogens is 2. The molecule has 0 aliphatic rings. The molecule has 0 aliphatic heterocycles. The number of likely N-dealkylation sites (N-methyl/N-ethyl adjacent to an activating group) is 1. The van der Waals surface area contributed by atoms with Gasteiger partial charge in [-0.2, -0.15) is 5.10 Å². The predicted octanol–water partition coefficient (Wildman–Crippen LogP) is 2.37. The fraction of sp³-hybridized carbons (Fsp3) is 0.412. The van der Waals surface area contributed by atoms with Crippen molar-refractivity contribution in [2.24, 2.45) is 7.05 Å². The average Bonchev–Trinajstić information content (AvgIpc) is 2.83. The van der Waals surface area contributed by atoms with Crippen LogP contribution in [0.5, 0.6) is 5.75 Å². The van der Waals surface area contributed by atoms with Gasteiger partial charge in [-0.05, 0) is 27.0 Å². The Balaban J connectivity index is 2.01. The number of hydrogen-bond acceptors (Lipinski definition) is 4. The van der Waals surface area contributed by atoms with Crippen molar-refractivity contribution in [1.29, 1.82) is 0 Å². The number of aryl methyl sites for hydroxylation is 2. The summed E-state index contributed by atoms with van der Waals surface area (Å²) < 4.78 is 7.06. The minimum Gasteiger partial charge on any atom is -0.496 e. The van der Waals surface area contributed by atoms with Crippen LogP contribution < -0.4 is 10.1 Å². The Labute approximate surface area is 137 Å². The molecule has 1 heterocycles. The van der Waals surface area contributed by atoms with Gasteiger partial charge >= 0.3 is 0 Å². The van der Waals surface area contributed by atoms with Crippen molar-refractivity contribution in [3.05, 3.63) is 41.6 Å². The Kier molecular flexibility index (Phi) is 5.39. The summed E-state index contributed by atoms with van der Waals surface area (Å²) in [6.45, 7) is 4.23. The maximum Gasteiger partial charge on any atom is 0.239 e. The number of nitrogens with zero attached hydrogens (tertiary/aromatic N) is 3. The zero-order valence-corrected chi connectivity index (χ0v) is 14.3. The van der Waals surface area contributed by atoms with E-state index < -0.39 is 0 Å². The van der Waals surface area contributed by atoms with Crippen LogP contribution in [0.25, 0.3) is 0 Å². The molecule has 1 amide bonds. The smallest absolute Gasteiger partial charge is 0.239 e. The van der Waals surface area contributed by atoms with Crippen LogP contribution in [0.15, 0.2) is 30.3 Å². The van der Waals surface area contributed by atoms with Crippen LogP contribution in [0.2, 0.25) is 0 Å². The molecule has 0 fully saturated rings. The molecule has 23 heavy (non-hydrogen) atoms. The minimum absolute atomic E-state index is 0.0603. The second kappa shape index (κ2) is 7.28. The van der Waals surface area contributed by atoms with E-state index >= 15 is 0 Å². The van der Waals surface area contributed by atoms with E-state index in [9.17, 15) is 4.79 Å². The maximum atomic E-state index is 12.2.